The van der Waals surface area contributed by atoms with Gasteiger partial charge >= 0.3 is 5.97 Å². The van der Waals surface area contributed by atoms with Gasteiger partial charge in [0.2, 0.25) is 0 Å². The van der Waals surface area contributed by atoms with E-state index in [-0.39, 0.29) is 12.2 Å². The molecule has 0 saturated heterocycles. The zero-order valence-corrected chi connectivity index (χ0v) is 13.3. The number of nitro benzene ring substituents is 2. The van der Waals surface area contributed by atoms with E-state index >= 15 is 0 Å². The number of hydrogen-bond donors (Lipinski definition) is 0. The molecule has 0 aliphatic heterocycles. The Labute approximate surface area is 143 Å². The molecule has 0 unspecified atom stereocenters. The van der Waals surface area contributed by atoms with Crippen LogP contribution in [0.5, 0.6) is 0 Å². The van der Waals surface area contributed by atoms with Crippen molar-refractivity contribution in [3.05, 3.63) is 73.3 Å². The Morgan fingerprint density at radius 1 is 1.08 bits per heavy atom. The van der Waals surface area contributed by atoms with Crippen LogP contribution in [0.3, 0.4) is 0 Å². The molecule has 0 bridgehead atoms. The quantitative estimate of drug-likeness (QED) is 0.388. The van der Waals surface area contributed by atoms with Gasteiger partial charge in [0.05, 0.1) is 31.7 Å². The number of esters is 1. The van der Waals surface area contributed by atoms with Crippen LogP contribution in [0.25, 0.3) is 10.2 Å². The van der Waals surface area contributed by atoms with Crippen molar-refractivity contribution in [2.24, 2.45) is 0 Å². The van der Waals surface area contributed by atoms with E-state index in [2.05, 4.69) is 4.98 Å². The molecule has 9 nitrogen and oxygen atoms in total. The summed E-state index contributed by atoms with van der Waals surface area (Å²) in [6.07, 6.45) is 0. The second-order valence-electron chi connectivity index (χ2n) is 4.90. The lowest BCUT2D eigenvalue weighted by atomic mass is 10.2. The first-order valence-corrected chi connectivity index (χ1v) is 7.71. The molecule has 1 aromatic heterocycles. The fourth-order valence-corrected chi connectivity index (χ4v) is 3.00. The standard InChI is InChI=1S/C15H9N3O6S/c19-15(9-5-10(17(20)21)7-11(6-9)18(22)23)24-8-14-16-12-3-1-2-4-13(12)25-14/h1-7H,8H2. The number of carbonyl (C=O) groups is 1. The van der Waals surface area contributed by atoms with Crippen molar-refractivity contribution < 1.29 is 19.4 Å². The number of fused-ring (bicyclic) bond motifs is 1. The first kappa shape index (κ1) is 16.5. The summed E-state index contributed by atoms with van der Waals surface area (Å²) in [7, 11) is 0. The molecular weight excluding hydrogens is 350 g/mol. The second-order valence-corrected chi connectivity index (χ2v) is 6.02. The van der Waals surface area contributed by atoms with Crippen molar-refractivity contribution >= 4 is 38.9 Å². The molecule has 1 heterocycles. The van der Waals surface area contributed by atoms with Crippen molar-refractivity contribution in [2.75, 3.05) is 0 Å². The van der Waals surface area contributed by atoms with Gasteiger partial charge in [-0.25, -0.2) is 9.78 Å². The number of nitrogens with zero attached hydrogens (tertiary/aromatic N) is 3. The number of para-hydroxylation sites is 1. The van der Waals surface area contributed by atoms with Gasteiger partial charge in [0.15, 0.2) is 0 Å². The minimum Gasteiger partial charge on any atom is -0.455 e. The Hall–Kier alpha value is -3.40. The first-order chi connectivity index (χ1) is 11.9. The number of hydrogen-bond acceptors (Lipinski definition) is 8. The van der Waals surface area contributed by atoms with Gasteiger partial charge in [-0.1, -0.05) is 12.1 Å². The summed E-state index contributed by atoms with van der Waals surface area (Å²) >= 11 is 1.35. The average Bonchev–Trinajstić information content (AvgIpc) is 3.02. The van der Waals surface area contributed by atoms with Crippen LogP contribution in [0.15, 0.2) is 42.5 Å². The highest BCUT2D eigenvalue weighted by Crippen LogP contribution is 2.25. The van der Waals surface area contributed by atoms with Crippen LogP contribution >= 0.6 is 11.3 Å². The Morgan fingerprint density at radius 2 is 1.72 bits per heavy atom. The molecule has 3 aromatic rings. The molecule has 0 saturated carbocycles. The van der Waals surface area contributed by atoms with Crippen LogP contribution in [0.1, 0.15) is 15.4 Å². The van der Waals surface area contributed by atoms with Crippen LogP contribution in [0.2, 0.25) is 0 Å². The molecule has 0 spiro atoms. The molecule has 0 aliphatic rings. The highest BCUT2D eigenvalue weighted by Gasteiger charge is 2.21. The third-order valence-corrected chi connectivity index (χ3v) is 4.23. The molecule has 0 amide bonds. The fourth-order valence-electron chi connectivity index (χ4n) is 2.12. The van der Waals surface area contributed by atoms with Gasteiger partial charge < -0.3 is 4.74 Å². The van der Waals surface area contributed by atoms with Gasteiger partial charge in [-0.15, -0.1) is 11.3 Å². The lowest BCUT2D eigenvalue weighted by Gasteiger charge is -2.03. The number of carbonyl (C=O) groups excluding carboxylic acids is 1. The number of non-ortho nitro benzene ring substituents is 2. The summed E-state index contributed by atoms with van der Waals surface area (Å²) in [5.74, 6) is -0.897. The highest BCUT2D eigenvalue weighted by atomic mass is 32.1. The van der Waals surface area contributed by atoms with E-state index in [1.165, 1.54) is 11.3 Å². The molecule has 126 valence electrons. The summed E-state index contributed by atoms with van der Waals surface area (Å²) < 4.78 is 6.01. The van der Waals surface area contributed by atoms with Crippen LogP contribution < -0.4 is 0 Å². The normalized spacial score (nSPS) is 10.6. The van der Waals surface area contributed by atoms with Crippen molar-refractivity contribution in [3.8, 4) is 0 Å². The maximum Gasteiger partial charge on any atom is 0.339 e. The first-order valence-electron chi connectivity index (χ1n) is 6.89. The second kappa shape index (κ2) is 6.61. The lowest BCUT2D eigenvalue weighted by molar-refractivity contribution is -0.394. The van der Waals surface area contributed by atoms with Crippen LogP contribution in [0, 0.1) is 20.2 Å². The minimum atomic E-state index is -0.897. The van der Waals surface area contributed by atoms with Gasteiger partial charge in [0.25, 0.3) is 11.4 Å². The Kier molecular flexibility index (Phi) is 4.35. The van der Waals surface area contributed by atoms with Crippen molar-refractivity contribution in [2.45, 2.75) is 6.61 Å². The van der Waals surface area contributed by atoms with Gasteiger partial charge in [0.1, 0.15) is 11.6 Å². The molecule has 2 aromatic carbocycles. The number of benzene rings is 2. The molecule has 0 aliphatic carbocycles. The predicted octanol–water partition coefficient (Wildman–Crippen LogP) is 3.47. The highest BCUT2D eigenvalue weighted by molar-refractivity contribution is 7.18. The van der Waals surface area contributed by atoms with E-state index in [9.17, 15) is 25.0 Å². The van der Waals surface area contributed by atoms with Crippen molar-refractivity contribution in [1.82, 2.24) is 4.98 Å². The van der Waals surface area contributed by atoms with E-state index in [4.69, 9.17) is 4.74 Å². The Balaban J connectivity index is 1.80. The SMILES string of the molecule is O=C(OCc1nc2ccccc2s1)c1cc([N+](=O)[O-])cc([N+](=O)[O-])c1. The predicted molar refractivity (Wildman–Crippen MR) is 88.5 cm³/mol. The fraction of sp³-hybridized carbons (Fsp3) is 0.0667. The van der Waals surface area contributed by atoms with Crippen LogP contribution in [-0.4, -0.2) is 20.8 Å². The summed E-state index contributed by atoms with van der Waals surface area (Å²) in [5.41, 5.74) is -0.603. The van der Waals surface area contributed by atoms with Crippen LogP contribution in [0.4, 0.5) is 11.4 Å². The maximum absolute atomic E-state index is 12.1. The monoisotopic (exact) mass is 359 g/mol. The summed E-state index contributed by atoms with van der Waals surface area (Å²) in [6.45, 7) is -0.130. The molecule has 0 radical (unpaired) electrons. The molecule has 0 N–H and O–H groups in total. The van der Waals surface area contributed by atoms with Gasteiger partial charge in [-0.2, -0.15) is 0 Å². The number of rotatable bonds is 5. The van der Waals surface area contributed by atoms with E-state index in [1.807, 2.05) is 24.3 Å². The van der Waals surface area contributed by atoms with Crippen molar-refractivity contribution in [1.29, 1.82) is 0 Å². The molecular formula is C15H9N3O6S. The van der Waals surface area contributed by atoms with Gasteiger partial charge in [0, 0.05) is 12.1 Å². The summed E-state index contributed by atoms with van der Waals surface area (Å²) in [6, 6.07) is 10.0. The molecule has 0 atom stereocenters. The topological polar surface area (TPSA) is 125 Å². The number of thiazole rings is 1. The molecule has 25 heavy (non-hydrogen) atoms. The average molecular weight is 359 g/mol. The lowest BCUT2D eigenvalue weighted by Crippen LogP contribution is -2.06. The zero-order chi connectivity index (χ0) is 18.0. The van der Waals surface area contributed by atoms with Crippen molar-refractivity contribution in [3.63, 3.8) is 0 Å². The smallest absolute Gasteiger partial charge is 0.339 e. The van der Waals surface area contributed by atoms with E-state index < -0.39 is 27.2 Å². The zero-order valence-electron chi connectivity index (χ0n) is 12.4. The Bertz CT molecular complexity index is 935. The number of nitro groups is 2. The van der Waals surface area contributed by atoms with E-state index in [0.29, 0.717) is 5.01 Å². The largest absolute Gasteiger partial charge is 0.455 e. The molecule has 10 heteroatoms. The molecule has 0 fully saturated rings. The van der Waals surface area contributed by atoms with E-state index in [1.54, 1.807) is 0 Å². The number of aromatic nitrogens is 1. The Morgan fingerprint density at radius 3 is 2.32 bits per heavy atom. The van der Waals surface area contributed by atoms with Crippen LogP contribution in [-0.2, 0) is 11.3 Å². The number of ether oxygens (including phenoxy) is 1. The minimum absolute atomic E-state index is 0.130. The van der Waals surface area contributed by atoms with Gasteiger partial charge in [-0.05, 0) is 12.1 Å². The molecule has 3 rings (SSSR count). The third kappa shape index (κ3) is 3.58. The summed E-state index contributed by atoms with van der Waals surface area (Å²) in [5, 5.41) is 22.3. The summed E-state index contributed by atoms with van der Waals surface area (Å²) in [4.78, 5) is 36.5. The third-order valence-electron chi connectivity index (χ3n) is 3.22. The van der Waals surface area contributed by atoms with E-state index in [0.717, 1.165) is 28.4 Å². The maximum atomic E-state index is 12.1. The van der Waals surface area contributed by atoms with Gasteiger partial charge in [-0.3, -0.25) is 20.2 Å².